The fourth-order valence-electron chi connectivity index (χ4n) is 8.30. The zero-order valence-electron chi connectivity index (χ0n) is 23.7. The van der Waals surface area contributed by atoms with Crippen molar-refractivity contribution in [3.05, 3.63) is 140 Å². The van der Waals surface area contributed by atoms with Gasteiger partial charge >= 0.3 is 0 Å². The molecule has 11 aromatic rings. The van der Waals surface area contributed by atoms with E-state index in [1.54, 1.807) is 0 Å². The van der Waals surface area contributed by atoms with Gasteiger partial charge in [0.2, 0.25) is 0 Å². The number of aromatic nitrogens is 2. The third-order valence-corrected chi connectivity index (χ3v) is 10.0. The summed E-state index contributed by atoms with van der Waals surface area (Å²) in [7, 11) is 0. The van der Waals surface area contributed by atoms with Crippen molar-refractivity contribution in [1.29, 1.82) is 0 Å². The van der Waals surface area contributed by atoms with Crippen LogP contribution in [-0.2, 0) is 0 Å². The first-order valence-corrected chi connectivity index (χ1v) is 15.3. The highest BCUT2D eigenvalue weighted by Crippen LogP contribution is 2.48. The molecule has 0 aliphatic heterocycles. The highest BCUT2D eigenvalue weighted by atomic mass is 15.0. The molecule has 1 N–H and O–H groups in total. The number of hydrogen-bond donors (Lipinski definition) is 1. The Morgan fingerprint density at radius 3 is 1.77 bits per heavy atom. The first-order valence-electron chi connectivity index (χ1n) is 15.3. The lowest BCUT2D eigenvalue weighted by Gasteiger charge is -2.17. The van der Waals surface area contributed by atoms with Crippen LogP contribution < -0.4 is 0 Å². The topological polar surface area (TPSA) is 20.7 Å². The van der Waals surface area contributed by atoms with E-state index in [0.29, 0.717) is 0 Å². The predicted octanol–water partition coefficient (Wildman–Crippen LogP) is 11.6. The van der Waals surface area contributed by atoms with Crippen molar-refractivity contribution in [3.63, 3.8) is 0 Å². The van der Waals surface area contributed by atoms with Gasteiger partial charge in [0, 0.05) is 38.0 Å². The predicted molar refractivity (Wildman–Crippen MR) is 189 cm³/mol. The lowest BCUT2D eigenvalue weighted by molar-refractivity contribution is 1.20. The van der Waals surface area contributed by atoms with Crippen molar-refractivity contribution in [3.8, 4) is 5.69 Å². The molecule has 9 aromatic carbocycles. The van der Waals surface area contributed by atoms with E-state index < -0.39 is 0 Å². The van der Waals surface area contributed by atoms with Crippen LogP contribution in [0.15, 0.2) is 140 Å². The number of para-hydroxylation sites is 2. The minimum atomic E-state index is 1.18. The molecule has 0 radical (unpaired) electrons. The first-order chi connectivity index (χ1) is 21.8. The van der Waals surface area contributed by atoms with Gasteiger partial charge in [-0.3, -0.25) is 0 Å². The van der Waals surface area contributed by atoms with E-state index in [-0.39, 0.29) is 0 Å². The molecule has 0 bridgehead atoms. The maximum Gasteiger partial charge on any atom is 0.0554 e. The van der Waals surface area contributed by atoms with Crippen molar-refractivity contribution in [1.82, 2.24) is 9.55 Å². The van der Waals surface area contributed by atoms with Gasteiger partial charge in [0.15, 0.2) is 0 Å². The second-order valence-corrected chi connectivity index (χ2v) is 12.1. The summed E-state index contributed by atoms with van der Waals surface area (Å²) in [5.41, 5.74) is 6.06. The quantitative estimate of drug-likeness (QED) is 0.153. The van der Waals surface area contributed by atoms with Crippen LogP contribution in [0.3, 0.4) is 0 Å². The Bertz CT molecular complexity index is 2990. The number of fused-ring (bicyclic) bond motifs is 11. The summed E-state index contributed by atoms with van der Waals surface area (Å²) in [4.78, 5) is 3.76. The molecular weight excluding hydrogens is 532 g/mol. The van der Waals surface area contributed by atoms with Gasteiger partial charge in [-0.15, -0.1) is 0 Å². The van der Waals surface area contributed by atoms with E-state index in [9.17, 15) is 0 Å². The molecule has 44 heavy (non-hydrogen) atoms. The maximum absolute atomic E-state index is 3.76. The Balaban J connectivity index is 1.43. The molecule has 0 spiro atoms. The summed E-state index contributed by atoms with van der Waals surface area (Å²) in [6.07, 6.45) is 0. The molecule has 2 heteroatoms. The van der Waals surface area contributed by atoms with Gasteiger partial charge in [-0.2, -0.15) is 0 Å². The minimum absolute atomic E-state index is 1.18. The lowest BCUT2D eigenvalue weighted by Crippen LogP contribution is -1.95. The van der Waals surface area contributed by atoms with Crippen LogP contribution >= 0.6 is 0 Å². The van der Waals surface area contributed by atoms with Gasteiger partial charge in [0.1, 0.15) is 0 Å². The first kappa shape index (κ1) is 22.7. The van der Waals surface area contributed by atoms with E-state index in [2.05, 4.69) is 149 Å². The van der Waals surface area contributed by atoms with Gasteiger partial charge in [-0.1, -0.05) is 109 Å². The van der Waals surface area contributed by atoms with E-state index in [1.165, 1.54) is 103 Å². The molecule has 0 aliphatic rings. The second kappa shape index (κ2) is 7.94. The van der Waals surface area contributed by atoms with E-state index in [0.717, 1.165) is 0 Å². The van der Waals surface area contributed by atoms with Crippen LogP contribution in [-0.4, -0.2) is 9.55 Å². The number of nitrogens with zero attached hydrogens (tertiary/aromatic N) is 1. The normalized spacial score (nSPS) is 12.5. The molecule has 0 fully saturated rings. The smallest absolute Gasteiger partial charge is 0.0554 e. The number of aromatic amines is 1. The van der Waals surface area contributed by atoms with Crippen molar-refractivity contribution in [2.24, 2.45) is 0 Å². The van der Waals surface area contributed by atoms with Crippen LogP contribution in [0.5, 0.6) is 0 Å². The molecule has 11 rings (SSSR count). The zero-order chi connectivity index (χ0) is 28.5. The Labute approximate surface area is 251 Å². The molecule has 2 aromatic heterocycles. The van der Waals surface area contributed by atoms with Gasteiger partial charge in [-0.25, -0.2) is 0 Å². The molecule has 202 valence electrons. The molecule has 2 heterocycles. The summed E-state index contributed by atoms with van der Waals surface area (Å²) < 4.78 is 2.49. The maximum atomic E-state index is 3.76. The van der Waals surface area contributed by atoms with Gasteiger partial charge in [0.25, 0.3) is 0 Å². The van der Waals surface area contributed by atoms with E-state index in [4.69, 9.17) is 0 Å². The van der Waals surface area contributed by atoms with Crippen LogP contribution in [0.25, 0.3) is 103 Å². The summed E-state index contributed by atoms with van der Waals surface area (Å²) >= 11 is 0. The SMILES string of the molecule is c1ccc2c(-n3c4ccccc4c4c5cccc6c7cccc8c9c(cc(c(cc43)c65)c78)[nH]c3ccccc39)cccc2c1. The highest BCUT2D eigenvalue weighted by Gasteiger charge is 2.22. The lowest BCUT2D eigenvalue weighted by atomic mass is 9.87. The Morgan fingerprint density at radius 2 is 0.932 bits per heavy atom. The number of rotatable bonds is 1. The van der Waals surface area contributed by atoms with Crippen LogP contribution in [0.4, 0.5) is 0 Å². The van der Waals surface area contributed by atoms with Crippen LogP contribution in [0, 0.1) is 0 Å². The van der Waals surface area contributed by atoms with Crippen molar-refractivity contribution in [2.75, 3.05) is 0 Å². The molecule has 0 saturated carbocycles. The van der Waals surface area contributed by atoms with E-state index >= 15 is 0 Å². The van der Waals surface area contributed by atoms with Gasteiger partial charge in [0.05, 0.1) is 16.7 Å². The number of benzene rings is 9. The summed E-state index contributed by atoms with van der Waals surface area (Å²) in [5.74, 6) is 0. The molecule has 2 nitrogen and oxygen atoms in total. The average Bonchev–Trinajstić information content (AvgIpc) is 3.62. The van der Waals surface area contributed by atoms with Crippen LogP contribution in [0.2, 0.25) is 0 Å². The fraction of sp³-hybridized carbons (Fsp3) is 0. The minimum Gasteiger partial charge on any atom is -0.354 e. The van der Waals surface area contributed by atoms with Crippen molar-refractivity contribution < 1.29 is 0 Å². The fourth-order valence-corrected chi connectivity index (χ4v) is 8.30. The highest BCUT2D eigenvalue weighted by molar-refractivity contribution is 6.41. The monoisotopic (exact) mass is 556 g/mol. The van der Waals surface area contributed by atoms with Crippen molar-refractivity contribution in [2.45, 2.75) is 0 Å². The number of H-pyrrole nitrogens is 1. The summed E-state index contributed by atoms with van der Waals surface area (Å²) in [5, 5.41) is 18.2. The Morgan fingerprint density at radius 1 is 0.341 bits per heavy atom. The molecule has 0 aliphatic carbocycles. The summed E-state index contributed by atoms with van der Waals surface area (Å²) in [6.45, 7) is 0. The van der Waals surface area contributed by atoms with Crippen molar-refractivity contribution >= 4 is 97.5 Å². The third kappa shape index (κ3) is 2.68. The molecule has 0 unspecified atom stereocenters. The molecular formula is C42H24N2. The van der Waals surface area contributed by atoms with Crippen LogP contribution in [0.1, 0.15) is 0 Å². The molecule has 0 saturated heterocycles. The Hall–Kier alpha value is -5.86. The Kier molecular flexibility index (Phi) is 4.10. The number of hydrogen-bond acceptors (Lipinski definition) is 0. The standard InChI is InChI=1S/C42H24N2/c1-2-12-25-24(10-1)11-7-21-36(25)44-37-20-6-4-14-29(37)42-31-18-9-16-27-26-15-8-17-30-39(26)32(33(40(27)31)23-38(42)44)22-35-41(30)28-13-3-5-19-34(28)43-35/h1-23,43H. The molecule has 0 amide bonds. The van der Waals surface area contributed by atoms with Gasteiger partial charge < -0.3 is 9.55 Å². The van der Waals surface area contributed by atoms with Gasteiger partial charge in [-0.05, 0) is 78.8 Å². The van der Waals surface area contributed by atoms with E-state index in [1.807, 2.05) is 0 Å². The largest absolute Gasteiger partial charge is 0.354 e. The molecule has 0 atom stereocenters. The number of nitrogens with one attached hydrogen (secondary N) is 1. The summed E-state index contributed by atoms with van der Waals surface area (Å²) in [6, 6.07) is 51.6. The second-order valence-electron chi connectivity index (χ2n) is 12.1. The zero-order valence-corrected chi connectivity index (χ0v) is 23.7. The average molecular weight is 557 g/mol. The third-order valence-electron chi connectivity index (χ3n) is 10.0.